The van der Waals surface area contributed by atoms with E-state index in [0.29, 0.717) is 17.1 Å². The molecule has 2 aromatic carbocycles. The zero-order valence-electron chi connectivity index (χ0n) is 12.7. The highest BCUT2D eigenvalue weighted by Crippen LogP contribution is 2.29. The number of hydrogen-bond donors (Lipinski definition) is 0. The summed E-state index contributed by atoms with van der Waals surface area (Å²) in [6, 6.07) is 17.0. The lowest BCUT2D eigenvalue weighted by atomic mass is 10.1. The number of aromatic nitrogens is 3. The van der Waals surface area contributed by atoms with E-state index in [1.807, 2.05) is 61.5 Å². The summed E-state index contributed by atoms with van der Waals surface area (Å²) in [6.07, 6.45) is 0. The van der Waals surface area contributed by atoms with E-state index in [1.54, 1.807) is 0 Å². The lowest BCUT2D eigenvalue weighted by Gasteiger charge is -2.07. The molecule has 6 heteroatoms. The number of hydrogen-bond acceptors (Lipinski definition) is 4. The van der Waals surface area contributed by atoms with Crippen molar-refractivity contribution < 1.29 is 4.52 Å². The van der Waals surface area contributed by atoms with Crippen molar-refractivity contribution in [3.8, 4) is 17.1 Å². The zero-order valence-corrected chi connectivity index (χ0v) is 13.5. The first-order chi connectivity index (χ1) is 11.6. The largest absolute Gasteiger partial charge is 0.446 e. The van der Waals surface area contributed by atoms with Crippen molar-refractivity contribution in [2.24, 2.45) is 0 Å². The second kappa shape index (κ2) is 5.62. The third-order valence-corrected chi connectivity index (χ3v) is 4.10. The fourth-order valence-electron chi connectivity index (χ4n) is 2.59. The Hall–Kier alpha value is -2.92. The second-order valence-electron chi connectivity index (χ2n) is 5.46. The molecular weight excluding hydrogens is 326 g/mol. The number of aryl methyl sites for hydroxylation is 1. The summed E-state index contributed by atoms with van der Waals surface area (Å²) >= 11 is 6.32. The van der Waals surface area contributed by atoms with Gasteiger partial charge in [0.1, 0.15) is 5.15 Å². The van der Waals surface area contributed by atoms with Crippen molar-refractivity contribution in [1.29, 1.82) is 0 Å². The third-order valence-electron chi connectivity index (χ3n) is 3.82. The predicted molar refractivity (Wildman–Crippen MR) is 92.6 cm³/mol. The van der Waals surface area contributed by atoms with Crippen LogP contribution >= 0.6 is 11.6 Å². The Kier molecular flexibility index (Phi) is 3.43. The van der Waals surface area contributed by atoms with Gasteiger partial charge in [-0.25, -0.2) is 14.3 Å². The summed E-state index contributed by atoms with van der Waals surface area (Å²) in [5.74, 6) is -0.245. The minimum absolute atomic E-state index is 0.267. The molecule has 0 aliphatic carbocycles. The number of para-hydroxylation sites is 1. The van der Waals surface area contributed by atoms with Crippen LogP contribution in [0.15, 0.2) is 63.9 Å². The predicted octanol–water partition coefficient (Wildman–Crippen LogP) is 4.00. The summed E-state index contributed by atoms with van der Waals surface area (Å²) in [5.41, 5.74) is 3.07. The van der Waals surface area contributed by atoms with E-state index >= 15 is 0 Å². The highest BCUT2D eigenvalue weighted by molar-refractivity contribution is 6.32. The number of nitrogens with zero attached hydrogens (tertiary/aromatic N) is 3. The quantitative estimate of drug-likeness (QED) is 0.519. The minimum Gasteiger partial charge on any atom is -0.295 e. The average Bonchev–Trinajstić information content (AvgIpc) is 2.96. The Morgan fingerprint density at radius 2 is 1.83 bits per heavy atom. The van der Waals surface area contributed by atoms with Gasteiger partial charge >= 0.3 is 5.76 Å². The maximum absolute atomic E-state index is 12.1. The molecule has 5 nitrogen and oxygen atoms in total. The number of pyridine rings is 1. The van der Waals surface area contributed by atoms with Crippen LogP contribution in [0.2, 0.25) is 5.15 Å². The molecule has 0 radical (unpaired) electrons. The van der Waals surface area contributed by atoms with E-state index in [-0.39, 0.29) is 5.15 Å². The van der Waals surface area contributed by atoms with Crippen molar-refractivity contribution in [3.63, 3.8) is 0 Å². The first-order valence-electron chi connectivity index (χ1n) is 7.35. The van der Waals surface area contributed by atoms with Gasteiger partial charge in [0.05, 0.1) is 16.8 Å². The zero-order chi connectivity index (χ0) is 16.7. The van der Waals surface area contributed by atoms with Crippen LogP contribution in [-0.2, 0) is 0 Å². The molecule has 24 heavy (non-hydrogen) atoms. The Morgan fingerprint density at radius 3 is 2.62 bits per heavy atom. The maximum Gasteiger partial charge on any atom is 0.446 e. The van der Waals surface area contributed by atoms with Crippen molar-refractivity contribution in [2.75, 3.05) is 0 Å². The van der Waals surface area contributed by atoms with Gasteiger partial charge in [0, 0.05) is 5.39 Å². The molecule has 0 unspecified atom stereocenters. The number of halogens is 1. The molecule has 0 bridgehead atoms. The van der Waals surface area contributed by atoms with Gasteiger partial charge in [0.15, 0.2) is 5.82 Å². The van der Waals surface area contributed by atoms with Gasteiger partial charge in [-0.3, -0.25) is 4.52 Å². The van der Waals surface area contributed by atoms with Gasteiger partial charge < -0.3 is 0 Å². The van der Waals surface area contributed by atoms with Crippen molar-refractivity contribution in [3.05, 3.63) is 75.9 Å². The molecular formula is C18H12ClN3O2. The first kappa shape index (κ1) is 14.7. The normalized spacial score (nSPS) is 11.1. The molecule has 0 aliphatic rings. The molecule has 4 aromatic rings. The van der Waals surface area contributed by atoms with E-state index in [2.05, 4.69) is 10.1 Å². The van der Waals surface area contributed by atoms with Gasteiger partial charge in [-0.15, -0.1) is 0 Å². The number of fused-ring (bicyclic) bond motifs is 1. The topological polar surface area (TPSA) is 60.9 Å². The third kappa shape index (κ3) is 2.39. The molecule has 0 aliphatic heterocycles. The minimum atomic E-state index is -0.571. The van der Waals surface area contributed by atoms with Crippen LogP contribution in [0.1, 0.15) is 5.56 Å². The van der Waals surface area contributed by atoms with Crippen LogP contribution in [0.3, 0.4) is 0 Å². The molecule has 0 spiro atoms. The molecule has 4 rings (SSSR count). The van der Waals surface area contributed by atoms with E-state index in [9.17, 15) is 4.79 Å². The second-order valence-corrected chi connectivity index (χ2v) is 5.82. The molecule has 0 N–H and O–H groups in total. The number of rotatable bonds is 2. The van der Waals surface area contributed by atoms with Gasteiger partial charge in [0.25, 0.3) is 0 Å². The molecule has 0 amide bonds. The Labute approximate surface area is 142 Å². The van der Waals surface area contributed by atoms with Crippen LogP contribution in [0.4, 0.5) is 0 Å². The van der Waals surface area contributed by atoms with Crippen molar-refractivity contribution in [2.45, 2.75) is 6.92 Å². The SMILES string of the molecule is Cc1ccc(-n2c(-c3cc4ccccc4nc3Cl)noc2=O)cc1. The van der Waals surface area contributed by atoms with Crippen LogP contribution in [-0.4, -0.2) is 14.7 Å². The molecule has 2 aromatic heterocycles. The summed E-state index contributed by atoms with van der Waals surface area (Å²) in [4.78, 5) is 16.5. The first-order valence-corrected chi connectivity index (χ1v) is 7.73. The van der Waals surface area contributed by atoms with Crippen LogP contribution in [0, 0.1) is 6.92 Å². The van der Waals surface area contributed by atoms with Crippen molar-refractivity contribution in [1.82, 2.24) is 14.7 Å². The highest BCUT2D eigenvalue weighted by Gasteiger charge is 2.18. The van der Waals surface area contributed by atoms with Crippen LogP contribution < -0.4 is 5.76 Å². The summed E-state index contributed by atoms with van der Waals surface area (Å²) in [7, 11) is 0. The average molecular weight is 338 g/mol. The van der Waals surface area contributed by atoms with E-state index in [4.69, 9.17) is 16.1 Å². The Balaban J connectivity index is 1.97. The summed E-state index contributed by atoms with van der Waals surface area (Å²) in [5, 5.41) is 5.08. The van der Waals surface area contributed by atoms with E-state index in [0.717, 1.165) is 16.5 Å². The van der Waals surface area contributed by atoms with Gasteiger partial charge in [-0.1, -0.05) is 52.7 Å². The fraction of sp³-hybridized carbons (Fsp3) is 0.0556. The van der Waals surface area contributed by atoms with Crippen LogP contribution in [0.25, 0.3) is 28.0 Å². The molecule has 118 valence electrons. The Bertz CT molecular complexity index is 1100. The molecule has 0 fully saturated rings. The summed E-state index contributed by atoms with van der Waals surface area (Å²) in [6.45, 7) is 1.98. The lowest BCUT2D eigenvalue weighted by Crippen LogP contribution is -2.13. The maximum atomic E-state index is 12.1. The van der Waals surface area contributed by atoms with Crippen LogP contribution in [0.5, 0.6) is 0 Å². The summed E-state index contributed by atoms with van der Waals surface area (Å²) < 4.78 is 6.26. The molecule has 0 atom stereocenters. The molecule has 2 heterocycles. The standard InChI is InChI=1S/C18H12ClN3O2/c1-11-6-8-13(9-7-11)22-17(21-24-18(22)23)14-10-12-4-2-3-5-15(12)20-16(14)19/h2-10H,1H3. The Morgan fingerprint density at radius 1 is 1.08 bits per heavy atom. The van der Waals surface area contributed by atoms with E-state index in [1.165, 1.54) is 4.57 Å². The smallest absolute Gasteiger partial charge is 0.295 e. The number of benzene rings is 2. The van der Waals surface area contributed by atoms with Crippen molar-refractivity contribution >= 4 is 22.5 Å². The monoisotopic (exact) mass is 337 g/mol. The lowest BCUT2D eigenvalue weighted by molar-refractivity contribution is 0.383. The molecule has 0 saturated carbocycles. The highest BCUT2D eigenvalue weighted by atomic mass is 35.5. The van der Waals surface area contributed by atoms with Gasteiger partial charge in [-0.05, 0) is 31.2 Å². The fourth-order valence-corrected chi connectivity index (χ4v) is 2.82. The van der Waals surface area contributed by atoms with Gasteiger partial charge in [-0.2, -0.15) is 0 Å². The van der Waals surface area contributed by atoms with E-state index < -0.39 is 5.76 Å². The van der Waals surface area contributed by atoms with Gasteiger partial charge in [0.2, 0.25) is 0 Å². The molecule has 0 saturated heterocycles.